The number of β-amino-alcohol motifs (C(OH)–C–C–N with tert-alkyl or cyclic N) is 1. The number of hydrogen-bond acceptors (Lipinski definition) is 7. The van der Waals surface area contributed by atoms with Crippen LogP contribution in [0.1, 0.15) is 5.56 Å². The zero-order valence-electron chi connectivity index (χ0n) is 17.2. The smallest absolute Gasteiger partial charge is 0.328 e. The monoisotopic (exact) mass is 458 g/mol. The van der Waals surface area contributed by atoms with Crippen LogP contribution in [0, 0.1) is 0 Å². The van der Waals surface area contributed by atoms with Crippen molar-refractivity contribution in [3.05, 3.63) is 59.1 Å². The van der Waals surface area contributed by atoms with Crippen molar-refractivity contribution in [3.8, 4) is 11.5 Å². The summed E-state index contributed by atoms with van der Waals surface area (Å²) in [6, 6.07) is 12.7. The van der Waals surface area contributed by atoms with Gasteiger partial charge in [0.2, 0.25) is 5.54 Å². The SMILES string of the molecule is O=C1NC(=O)C(c2ccc(Oc3ccc(Cl)cc3)cc2)(N2CCN(CCO)CC2)C(=O)N1. The topological polar surface area (TPSA) is 111 Å². The van der Waals surface area contributed by atoms with Gasteiger partial charge < -0.3 is 9.84 Å². The van der Waals surface area contributed by atoms with Crippen molar-refractivity contribution in [2.75, 3.05) is 39.3 Å². The van der Waals surface area contributed by atoms with Crippen molar-refractivity contribution >= 4 is 29.4 Å². The Morgan fingerprint density at radius 2 is 1.41 bits per heavy atom. The number of nitrogens with zero attached hydrogens (tertiary/aromatic N) is 2. The third kappa shape index (κ3) is 4.20. The van der Waals surface area contributed by atoms with E-state index >= 15 is 0 Å². The van der Waals surface area contributed by atoms with Crippen molar-refractivity contribution < 1.29 is 24.2 Å². The number of imide groups is 2. The molecule has 0 bridgehead atoms. The molecule has 0 unspecified atom stereocenters. The molecule has 3 N–H and O–H groups in total. The number of aliphatic hydroxyl groups is 1. The molecule has 2 fully saturated rings. The summed E-state index contributed by atoms with van der Waals surface area (Å²) in [7, 11) is 0. The van der Waals surface area contributed by atoms with E-state index in [0.717, 1.165) is 0 Å². The second kappa shape index (κ2) is 9.25. The molecular formula is C22H23ClN4O5. The molecule has 2 aliphatic heterocycles. The molecule has 4 amide bonds. The average Bonchev–Trinajstić information content (AvgIpc) is 2.77. The molecule has 10 heteroatoms. The lowest BCUT2D eigenvalue weighted by Crippen LogP contribution is -2.72. The molecule has 4 rings (SSSR count). The fourth-order valence-corrected chi connectivity index (χ4v) is 4.23. The molecule has 0 spiro atoms. The standard InChI is InChI=1S/C22H23ClN4O5/c23-16-3-7-18(8-4-16)32-17-5-1-15(2-6-17)22(19(29)24-21(31)25-20(22)30)27-11-9-26(10-12-27)13-14-28/h1-8,28H,9-14H2,(H2,24,25,29,30,31). The number of amides is 4. The quantitative estimate of drug-likeness (QED) is 0.559. The van der Waals surface area contributed by atoms with Crippen molar-refractivity contribution in [2.45, 2.75) is 5.54 Å². The Bertz CT molecular complexity index is 984. The number of halogens is 1. The third-order valence-corrected chi connectivity index (χ3v) is 5.95. The Kier molecular flexibility index (Phi) is 6.43. The molecule has 32 heavy (non-hydrogen) atoms. The number of carbonyl (C=O) groups is 3. The number of benzene rings is 2. The van der Waals surface area contributed by atoms with Crippen molar-refractivity contribution in [2.24, 2.45) is 0 Å². The van der Waals surface area contributed by atoms with Gasteiger partial charge in [0, 0.05) is 37.7 Å². The molecule has 168 valence electrons. The van der Waals surface area contributed by atoms with Crippen molar-refractivity contribution in [1.82, 2.24) is 20.4 Å². The number of ether oxygens (including phenoxy) is 1. The highest BCUT2D eigenvalue weighted by Gasteiger charge is 2.56. The Morgan fingerprint density at radius 3 is 1.94 bits per heavy atom. The van der Waals surface area contributed by atoms with Crippen molar-refractivity contribution in [3.63, 3.8) is 0 Å². The molecule has 2 saturated heterocycles. The number of carbonyl (C=O) groups excluding carboxylic acids is 3. The maximum absolute atomic E-state index is 13.1. The summed E-state index contributed by atoms with van der Waals surface area (Å²) in [6.45, 7) is 2.55. The van der Waals surface area contributed by atoms with E-state index in [9.17, 15) is 19.5 Å². The van der Waals surface area contributed by atoms with Crippen LogP contribution in [0.25, 0.3) is 0 Å². The first kappa shape index (κ1) is 22.2. The summed E-state index contributed by atoms with van der Waals surface area (Å²) in [5, 5.41) is 14.3. The van der Waals surface area contributed by atoms with Crippen LogP contribution in [0.4, 0.5) is 4.79 Å². The fourth-order valence-electron chi connectivity index (χ4n) is 4.10. The Labute approximate surface area is 189 Å². The zero-order chi connectivity index (χ0) is 22.7. The normalized spacial score (nSPS) is 19.4. The van der Waals surface area contributed by atoms with Gasteiger partial charge in [-0.15, -0.1) is 0 Å². The highest BCUT2D eigenvalue weighted by Crippen LogP contribution is 2.34. The number of urea groups is 1. The molecule has 2 aliphatic rings. The first-order valence-electron chi connectivity index (χ1n) is 10.2. The number of nitrogens with one attached hydrogen (secondary N) is 2. The van der Waals surface area contributed by atoms with Gasteiger partial charge in [-0.05, 0) is 42.0 Å². The molecule has 0 atom stereocenters. The molecule has 0 saturated carbocycles. The summed E-state index contributed by atoms with van der Waals surface area (Å²) < 4.78 is 5.81. The van der Waals surface area contributed by atoms with E-state index in [-0.39, 0.29) is 6.61 Å². The first-order valence-corrected chi connectivity index (χ1v) is 10.6. The lowest BCUT2D eigenvalue weighted by atomic mass is 9.84. The van der Waals surface area contributed by atoms with Gasteiger partial charge in [-0.1, -0.05) is 23.7 Å². The number of aliphatic hydroxyl groups excluding tert-OH is 1. The highest BCUT2D eigenvalue weighted by atomic mass is 35.5. The van der Waals surface area contributed by atoms with Crippen LogP contribution in [-0.4, -0.2) is 72.1 Å². The summed E-state index contributed by atoms with van der Waals surface area (Å²) in [5.74, 6) is -0.260. The van der Waals surface area contributed by atoms with E-state index in [1.165, 1.54) is 0 Å². The minimum absolute atomic E-state index is 0.0374. The Balaban J connectivity index is 1.63. The van der Waals surface area contributed by atoms with Gasteiger partial charge in [-0.3, -0.25) is 30.0 Å². The molecular weight excluding hydrogens is 436 g/mol. The largest absolute Gasteiger partial charge is 0.457 e. The highest BCUT2D eigenvalue weighted by molar-refractivity contribution is 6.30. The van der Waals surface area contributed by atoms with Crippen LogP contribution in [0.3, 0.4) is 0 Å². The zero-order valence-corrected chi connectivity index (χ0v) is 18.0. The van der Waals surface area contributed by atoms with Gasteiger partial charge in [0.25, 0.3) is 11.8 Å². The van der Waals surface area contributed by atoms with E-state index < -0.39 is 23.4 Å². The molecule has 2 aromatic carbocycles. The van der Waals surface area contributed by atoms with Gasteiger partial charge in [0.15, 0.2) is 0 Å². The van der Waals surface area contributed by atoms with Gasteiger partial charge in [-0.25, -0.2) is 4.79 Å². The van der Waals surface area contributed by atoms with Gasteiger partial charge in [0.1, 0.15) is 11.5 Å². The summed E-state index contributed by atoms with van der Waals surface area (Å²) >= 11 is 5.90. The number of piperazine rings is 1. The van der Waals surface area contributed by atoms with Gasteiger partial charge >= 0.3 is 6.03 Å². The van der Waals surface area contributed by atoms with Crippen LogP contribution in [0.15, 0.2) is 48.5 Å². The lowest BCUT2D eigenvalue weighted by Gasteiger charge is -2.46. The maximum Gasteiger partial charge on any atom is 0.328 e. The molecule has 0 aliphatic carbocycles. The Hall–Kier alpha value is -2.98. The number of barbiturate groups is 1. The molecule has 2 heterocycles. The Morgan fingerprint density at radius 1 is 0.875 bits per heavy atom. The fraction of sp³-hybridized carbons (Fsp3) is 0.318. The number of hydrogen-bond donors (Lipinski definition) is 3. The van der Waals surface area contributed by atoms with Crippen molar-refractivity contribution in [1.29, 1.82) is 0 Å². The molecule has 0 aromatic heterocycles. The summed E-state index contributed by atoms with van der Waals surface area (Å²) in [4.78, 5) is 41.8. The summed E-state index contributed by atoms with van der Waals surface area (Å²) in [6.07, 6.45) is 0. The van der Waals surface area contributed by atoms with E-state index in [2.05, 4.69) is 15.5 Å². The van der Waals surface area contributed by atoms with E-state index in [1.54, 1.807) is 53.4 Å². The van der Waals surface area contributed by atoms with Crippen LogP contribution in [-0.2, 0) is 15.1 Å². The predicted octanol–water partition coefficient (Wildman–Crippen LogP) is 1.30. The van der Waals surface area contributed by atoms with Crippen LogP contribution >= 0.6 is 11.6 Å². The van der Waals surface area contributed by atoms with Crippen LogP contribution in [0.2, 0.25) is 5.02 Å². The van der Waals surface area contributed by atoms with Crippen LogP contribution in [0.5, 0.6) is 11.5 Å². The third-order valence-electron chi connectivity index (χ3n) is 5.70. The van der Waals surface area contributed by atoms with E-state index in [1.807, 2.05) is 0 Å². The lowest BCUT2D eigenvalue weighted by molar-refractivity contribution is -0.150. The minimum atomic E-state index is -1.68. The second-order valence-corrected chi connectivity index (χ2v) is 8.02. The molecule has 9 nitrogen and oxygen atoms in total. The van der Waals surface area contributed by atoms with Crippen LogP contribution < -0.4 is 15.4 Å². The van der Waals surface area contributed by atoms with E-state index in [0.29, 0.717) is 54.8 Å². The van der Waals surface area contributed by atoms with Gasteiger partial charge in [0.05, 0.1) is 6.61 Å². The molecule has 2 aromatic rings. The summed E-state index contributed by atoms with van der Waals surface area (Å²) in [5.41, 5.74) is -1.25. The average molecular weight is 459 g/mol. The predicted molar refractivity (Wildman–Crippen MR) is 116 cm³/mol. The van der Waals surface area contributed by atoms with Gasteiger partial charge in [-0.2, -0.15) is 0 Å². The number of rotatable bonds is 6. The first-order chi connectivity index (χ1) is 15.4. The minimum Gasteiger partial charge on any atom is -0.457 e. The molecule has 0 radical (unpaired) electrons. The van der Waals surface area contributed by atoms with E-state index in [4.69, 9.17) is 16.3 Å². The second-order valence-electron chi connectivity index (χ2n) is 7.58. The maximum atomic E-state index is 13.1.